The van der Waals surface area contributed by atoms with Crippen LogP contribution < -0.4 is 4.74 Å². The van der Waals surface area contributed by atoms with Gasteiger partial charge in [-0.1, -0.05) is 18.2 Å². The highest BCUT2D eigenvalue weighted by Crippen LogP contribution is 2.39. The number of likely N-dealkylation sites (N-methyl/N-ethyl adjacent to an activating group) is 1. The van der Waals surface area contributed by atoms with Crippen molar-refractivity contribution in [2.24, 2.45) is 5.92 Å². The number of carbonyl (C=O) groups excluding carboxylic acids is 1. The fourth-order valence-corrected chi connectivity index (χ4v) is 4.55. The van der Waals surface area contributed by atoms with Gasteiger partial charge >= 0.3 is 0 Å². The Morgan fingerprint density at radius 3 is 2.92 bits per heavy atom. The zero-order valence-corrected chi connectivity index (χ0v) is 15.2. The van der Waals surface area contributed by atoms with Crippen molar-refractivity contribution in [3.8, 4) is 5.75 Å². The summed E-state index contributed by atoms with van der Waals surface area (Å²) < 4.78 is 11.5. The molecule has 0 saturated carbocycles. The molecule has 1 amide bonds. The summed E-state index contributed by atoms with van der Waals surface area (Å²) in [6.07, 6.45) is 2.66. The molecule has 0 bridgehead atoms. The predicted molar refractivity (Wildman–Crippen MR) is 95.7 cm³/mol. The summed E-state index contributed by atoms with van der Waals surface area (Å²) in [4.78, 5) is 17.3. The van der Waals surface area contributed by atoms with Gasteiger partial charge in [0.1, 0.15) is 5.75 Å². The molecular weight excluding hydrogens is 316 g/mol. The Balaban J connectivity index is 1.35. The van der Waals surface area contributed by atoms with Crippen LogP contribution in [0.1, 0.15) is 25.3 Å². The smallest absolute Gasteiger partial charge is 0.264 e. The van der Waals surface area contributed by atoms with Gasteiger partial charge in [0, 0.05) is 32.7 Å². The zero-order valence-electron chi connectivity index (χ0n) is 15.2. The van der Waals surface area contributed by atoms with Crippen LogP contribution in [0.25, 0.3) is 0 Å². The summed E-state index contributed by atoms with van der Waals surface area (Å²) in [5, 5.41) is 0. The van der Waals surface area contributed by atoms with Crippen LogP contribution in [0.15, 0.2) is 24.3 Å². The number of benzene rings is 1. The second kappa shape index (κ2) is 6.61. The standard InChI is InChI=1S/C20H28N2O3/c1-3-24-12-15-8-9-21(2)20(11-15)13-22(14-20)19(23)18-10-16-6-4-5-7-17(16)25-18/h4-7,15,18H,3,8-14H2,1-2H3/t15-,18-/m1/s1. The average Bonchev–Trinajstić information content (AvgIpc) is 3.03. The van der Waals surface area contributed by atoms with Gasteiger partial charge < -0.3 is 14.4 Å². The van der Waals surface area contributed by atoms with Crippen LogP contribution in [0.2, 0.25) is 0 Å². The summed E-state index contributed by atoms with van der Waals surface area (Å²) in [5.74, 6) is 1.62. The lowest BCUT2D eigenvalue weighted by molar-refractivity contribution is -0.157. The van der Waals surface area contributed by atoms with Crippen molar-refractivity contribution in [3.63, 3.8) is 0 Å². The summed E-state index contributed by atoms with van der Waals surface area (Å²) >= 11 is 0. The van der Waals surface area contributed by atoms with Crippen molar-refractivity contribution in [3.05, 3.63) is 29.8 Å². The Bertz CT molecular complexity index is 615. The first-order valence-corrected chi connectivity index (χ1v) is 9.43. The maximum Gasteiger partial charge on any atom is 0.264 e. The van der Waals surface area contributed by atoms with Crippen LogP contribution in [-0.4, -0.2) is 67.2 Å². The normalized spacial score (nSPS) is 27.7. The first-order chi connectivity index (χ1) is 12.1. The maximum atomic E-state index is 12.8. The molecule has 2 atom stereocenters. The summed E-state index contributed by atoms with van der Waals surface area (Å²) in [7, 11) is 2.20. The van der Waals surface area contributed by atoms with Gasteiger partial charge in [0.2, 0.25) is 0 Å². The second-order valence-corrected chi connectivity index (χ2v) is 7.78. The van der Waals surface area contributed by atoms with E-state index in [-0.39, 0.29) is 17.6 Å². The molecule has 1 spiro atoms. The molecule has 136 valence electrons. The largest absolute Gasteiger partial charge is 0.480 e. The molecule has 1 aromatic rings. The van der Waals surface area contributed by atoms with E-state index >= 15 is 0 Å². The fourth-order valence-electron chi connectivity index (χ4n) is 4.55. The lowest BCUT2D eigenvalue weighted by Crippen LogP contribution is -2.73. The molecule has 4 rings (SSSR count). The lowest BCUT2D eigenvalue weighted by Gasteiger charge is -2.58. The Morgan fingerprint density at radius 2 is 2.16 bits per heavy atom. The van der Waals surface area contributed by atoms with E-state index in [1.165, 1.54) is 6.42 Å². The minimum Gasteiger partial charge on any atom is -0.480 e. The fraction of sp³-hybridized carbons (Fsp3) is 0.650. The van der Waals surface area contributed by atoms with Crippen molar-refractivity contribution < 1.29 is 14.3 Å². The maximum absolute atomic E-state index is 12.8. The van der Waals surface area contributed by atoms with Gasteiger partial charge in [-0.3, -0.25) is 9.69 Å². The van der Waals surface area contributed by atoms with Crippen LogP contribution in [0.4, 0.5) is 0 Å². The van der Waals surface area contributed by atoms with E-state index in [0.717, 1.165) is 50.6 Å². The Labute approximate surface area is 149 Å². The number of ether oxygens (including phenoxy) is 2. The highest BCUT2D eigenvalue weighted by Gasteiger charge is 2.52. The van der Waals surface area contributed by atoms with Crippen LogP contribution in [0, 0.1) is 5.92 Å². The molecule has 25 heavy (non-hydrogen) atoms. The van der Waals surface area contributed by atoms with Gasteiger partial charge in [-0.2, -0.15) is 0 Å². The van der Waals surface area contributed by atoms with E-state index in [4.69, 9.17) is 9.47 Å². The first kappa shape index (κ1) is 16.9. The van der Waals surface area contributed by atoms with Gasteiger partial charge in [0.25, 0.3) is 5.91 Å². The van der Waals surface area contributed by atoms with E-state index in [1.807, 2.05) is 36.1 Å². The molecule has 3 aliphatic heterocycles. The summed E-state index contributed by atoms with van der Waals surface area (Å²) in [6, 6.07) is 7.96. The Morgan fingerprint density at radius 1 is 1.36 bits per heavy atom. The summed E-state index contributed by atoms with van der Waals surface area (Å²) in [5.41, 5.74) is 1.28. The highest BCUT2D eigenvalue weighted by molar-refractivity contribution is 5.83. The van der Waals surface area contributed by atoms with Gasteiger partial charge in [0.15, 0.2) is 6.10 Å². The van der Waals surface area contributed by atoms with Crippen molar-refractivity contribution in [2.45, 2.75) is 37.8 Å². The molecule has 1 aromatic carbocycles. The number of hydrogen-bond donors (Lipinski definition) is 0. The van der Waals surface area contributed by atoms with Crippen molar-refractivity contribution in [1.82, 2.24) is 9.80 Å². The van der Waals surface area contributed by atoms with Crippen molar-refractivity contribution in [2.75, 3.05) is 39.9 Å². The molecule has 0 N–H and O–H groups in total. The molecule has 5 nitrogen and oxygen atoms in total. The molecule has 0 aromatic heterocycles. The molecule has 3 aliphatic rings. The molecule has 3 heterocycles. The van der Waals surface area contributed by atoms with E-state index in [0.29, 0.717) is 12.3 Å². The second-order valence-electron chi connectivity index (χ2n) is 7.78. The molecule has 0 radical (unpaired) electrons. The van der Waals surface area contributed by atoms with Crippen LogP contribution in [-0.2, 0) is 16.0 Å². The molecule has 2 saturated heterocycles. The SMILES string of the molecule is CCOC[C@@H]1CCN(C)C2(C1)CN(C(=O)[C@H]1Cc3ccccc3O1)C2. The topological polar surface area (TPSA) is 42.0 Å². The van der Waals surface area contributed by atoms with Crippen LogP contribution >= 0.6 is 0 Å². The number of amides is 1. The Hall–Kier alpha value is -1.59. The predicted octanol–water partition coefficient (Wildman–Crippen LogP) is 1.95. The van der Waals surface area contributed by atoms with E-state index in [1.54, 1.807) is 0 Å². The molecule has 5 heteroatoms. The number of hydrogen-bond acceptors (Lipinski definition) is 4. The van der Waals surface area contributed by atoms with E-state index in [9.17, 15) is 4.79 Å². The minimum absolute atomic E-state index is 0.140. The van der Waals surface area contributed by atoms with E-state index < -0.39 is 0 Å². The number of rotatable bonds is 4. The number of likely N-dealkylation sites (tertiary alicyclic amines) is 2. The number of nitrogens with zero attached hydrogens (tertiary/aromatic N) is 2. The third-order valence-corrected chi connectivity index (χ3v) is 6.11. The third-order valence-electron chi connectivity index (χ3n) is 6.11. The number of para-hydroxylation sites is 1. The quantitative estimate of drug-likeness (QED) is 0.837. The van der Waals surface area contributed by atoms with Gasteiger partial charge in [0.05, 0.1) is 5.54 Å². The average molecular weight is 344 g/mol. The monoisotopic (exact) mass is 344 g/mol. The number of fused-ring (bicyclic) bond motifs is 1. The van der Waals surface area contributed by atoms with Gasteiger partial charge in [-0.05, 0) is 50.9 Å². The molecule has 0 aliphatic carbocycles. The van der Waals surface area contributed by atoms with Gasteiger partial charge in [-0.15, -0.1) is 0 Å². The lowest BCUT2D eigenvalue weighted by atomic mass is 9.75. The summed E-state index contributed by atoms with van der Waals surface area (Å²) in [6.45, 7) is 6.41. The highest BCUT2D eigenvalue weighted by atomic mass is 16.5. The Kier molecular flexibility index (Phi) is 4.46. The van der Waals surface area contributed by atoms with Crippen LogP contribution in [0.5, 0.6) is 5.75 Å². The van der Waals surface area contributed by atoms with Crippen molar-refractivity contribution >= 4 is 5.91 Å². The van der Waals surface area contributed by atoms with E-state index in [2.05, 4.69) is 11.9 Å². The third kappa shape index (κ3) is 3.04. The number of piperidine rings is 1. The molecule has 2 fully saturated rings. The molecule has 0 unspecified atom stereocenters. The zero-order chi connectivity index (χ0) is 17.4. The van der Waals surface area contributed by atoms with Crippen LogP contribution in [0.3, 0.4) is 0 Å². The minimum atomic E-state index is -0.345. The van der Waals surface area contributed by atoms with Crippen molar-refractivity contribution in [1.29, 1.82) is 0 Å². The molecular formula is C20H28N2O3. The number of carbonyl (C=O) groups is 1. The first-order valence-electron chi connectivity index (χ1n) is 9.43. The van der Waals surface area contributed by atoms with Gasteiger partial charge in [-0.25, -0.2) is 0 Å².